The van der Waals surface area contributed by atoms with Gasteiger partial charge in [0.1, 0.15) is 0 Å². The van der Waals surface area contributed by atoms with Crippen LogP contribution in [0.1, 0.15) is 28.1 Å². The lowest BCUT2D eigenvalue weighted by atomic mass is 9.88. The van der Waals surface area contributed by atoms with Crippen molar-refractivity contribution in [3.8, 4) is 0 Å². The summed E-state index contributed by atoms with van der Waals surface area (Å²) in [5.74, 6) is -2.62. The van der Waals surface area contributed by atoms with Crippen molar-refractivity contribution in [3.05, 3.63) is 0 Å². The largest absolute Gasteiger partial charge is 0.383 e. The summed E-state index contributed by atoms with van der Waals surface area (Å²) in [7, 11) is 1.60. The SMILES string of the molecule is COCC1CCC(F)(F)C(C(C)C)N1.[HH]. The van der Waals surface area contributed by atoms with Crippen LogP contribution < -0.4 is 5.32 Å². The van der Waals surface area contributed by atoms with E-state index in [2.05, 4.69) is 5.32 Å². The Hall–Kier alpha value is -0.220. The minimum Gasteiger partial charge on any atom is -0.383 e. The highest BCUT2D eigenvalue weighted by molar-refractivity contribution is 4.93. The summed E-state index contributed by atoms with van der Waals surface area (Å²) in [5.41, 5.74) is 0. The van der Waals surface area contributed by atoms with Crippen molar-refractivity contribution >= 4 is 0 Å². The molecule has 0 bridgehead atoms. The Morgan fingerprint density at radius 3 is 2.71 bits per heavy atom. The molecule has 2 unspecified atom stereocenters. The molecule has 0 saturated carbocycles. The highest BCUT2D eigenvalue weighted by Crippen LogP contribution is 2.33. The maximum atomic E-state index is 13.4. The molecule has 1 aliphatic rings. The van der Waals surface area contributed by atoms with Gasteiger partial charge in [-0.05, 0) is 12.3 Å². The second kappa shape index (κ2) is 4.53. The van der Waals surface area contributed by atoms with E-state index in [-0.39, 0.29) is 19.8 Å². The third kappa shape index (κ3) is 2.64. The molecule has 2 nitrogen and oxygen atoms in total. The highest BCUT2D eigenvalue weighted by atomic mass is 19.3. The van der Waals surface area contributed by atoms with Gasteiger partial charge < -0.3 is 10.1 Å². The van der Waals surface area contributed by atoms with Gasteiger partial charge in [-0.2, -0.15) is 0 Å². The first-order valence-corrected chi connectivity index (χ1v) is 5.10. The van der Waals surface area contributed by atoms with Crippen molar-refractivity contribution < 1.29 is 14.9 Å². The predicted molar refractivity (Wildman–Crippen MR) is 53.7 cm³/mol. The molecule has 0 aromatic heterocycles. The van der Waals surface area contributed by atoms with E-state index in [0.29, 0.717) is 13.0 Å². The average molecular weight is 209 g/mol. The maximum Gasteiger partial charge on any atom is 0.263 e. The monoisotopic (exact) mass is 209 g/mol. The van der Waals surface area contributed by atoms with Crippen LogP contribution in [0.3, 0.4) is 0 Å². The van der Waals surface area contributed by atoms with Crippen LogP contribution in [0.5, 0.6) is 0 Å². The molecule has 0 amide bonds. The number of nitrogens with one attached hydrogen (secondary N) is 1. The summed E-state index contributed by atoms with van der Waals surface area (Å²) in [6.45, 7) is 4.15. The number of rotatable bonds is 3. The Bertz CT molecular complexity index is 190. The molecule has 4 heteroatoms. The molecule has 1 fully saturated rings. The van der Waals surface area contributed by atoms with Crippen LogP contribution in [0.25, 0.3) is 0 Å². The van der Waals surface area contributed by atoms with Crippen LogP contribution in [-0.4, -0.2) is 31.7 Å². The van der Waals surface area contributed by atoms with E-state index in [4.69, 9.17) is 4.74 Å². The number of methoxy groups -OCH3 is 1. The van der Waals surface area contributed by atoms with Crippen LogP contribution in [0.2, 0.25) is 0 Å². The molecule has 2 atom stereocenters. The molecule has 0 aliphatic carbocycles. The zero-order chi connectivity index (χ0) is 10.8. The van der Waals surface area contributed by atoms with Gasteiger partial charge in [-0.3, -0.25) is 0 Å². The lowest BCUT2D eigenvalue weighted by molar-refractivity contribution is -0.0885. The number of halogens is 2. The van der Waals surface area contributed by atoms with Crippen LogP contribution in [-0.2, 0) is 4.74 Å². The van der Waals surface area contributed by atoms with Gasteiger partial charge in [-0.15, -0.1) is 0 Å². The first-order chi connectivity index (χ1) is 6.47. The zero-order valence-corrected chi connectivity index (χ0v) is 9.02. The molecule has 1 N–H and O–H groups in total. The minimum atomic E-state index is -2.57. The van der Waals surface area contributed by atoms with E-state index in [0.717, 1.165) is 0 Å². The van der Waals surface area contributed by atoms with E-state index in [1.807, 2.05) is 13.8 Å². The third-order valence-electron chi connectivity index (χ3n) is 2.73. The molecule has 86 valence electrons. The molecule has 1 rings (SSSR count). The second-order valence-corrected chi connectivity index (χ2v) is 4.34. The van der Waals surface area contributed by atoms with Crippen LogP contribution in [0.4, 0.5) is 8.78 Å². The van der Waals surface area contributed by atoms with Crippen LogP contribution in [0.15, 0.2) is 0 Å². The smallest absolute Gasteiger partial charge is 0.263 e. The molecule has 0 aromatic rings. The molecule has 14 heavy (non-hydrogen) atoms. The second-order valence-electron chi connectivity index (χ2n) is 4.34. The molecular formula is C10H21F2NO. The lowest BCUT2D eigenvalue weighted by Crippen LogP contribution is -2.57. The Balaban J connectivity index is 0.00000196. The summed E-state index contributed by atoms with van der Waals surface area (Å²) >= 11 is 0. The molecule has 0 aromatic carbocycles. The molecule has 1 heterocycles. The van der Waals surface area contributed by atoms with Crippen molar-refractivity contribution in [2.75, 3.05) is 13.7 Å². The van der Waals surface area contributed by atoms with Crippen molar-refractivity contribution in [1.29, 1.82) is 0 Å². The number of piperidine rings is 1. The van der Waals surface area contributed by atoms with Crippen molar-refractivity contribution in [3.63, 3.8) is 0 Å². The molecule has 1 saturated heterocycles. The Labute approximate surface area is 85.5 Å². The van der Waals surface area contributed by atoms with Crippen molar-refractivity contribution in [1.82, 2.24) is 5.32 Å². The van der Waals surface area contributed by atoms with E-state index < -0.39 is 12.0 Å². The lowest BCUT2D eigenvalue weighted by Gasteiger charge is -2.39. The van der Waals surface area contributed by atoms with Crippen LogP contribution >= 0.6 is 0 Å². The van der Waals surface area contributed by atoms with Gasteiger partial charge in [0.15, 0.2) is 0 Å². The Kier molecular flexibility index (Phi) is 3.84. The van der Waals surface area contributed by atoms with Crippen LogP contribution in [0, 0.1) is 5.92 Å². The number of ether oxygens (including phenoxy) is 1. The normalized spacial score (nSPS) is 32.1. The third-order valence-corrected chi connectivity index (χ3v) is 2.73. The van der Waals surface area contributed by atoms with E-state index in [1.54, 1.807) is 7.11 Å². The van der Waals surface area contributed by atoms with Crippen molar-refractivity contribution in [2.24, 2.45) is 5.92 Å². The summed E-state index contributed by atoms with van der Waals surface area (Å²) in [6.07, 6.45) is 0.459. The van der Waals surface area contributed by atoms with Gasteiger partial charge in [0.05, 0.1) is 12.6 Å². The maximum absolute atomic E-state index is 13.4. The van der Waals surface area contributed by atoms with Gasteiger partial charge in [-0.1, -0.05) is 13.8 Å². The number of hydrogen-bond acceptors (Lipinski definition) is 2. The van der Waals surface area contributed by atoms with Gasteiger partial charge in [0.2, 0.25) is 0 Å². The standard InChI is InChI=1S/C10H19F2NO.H2/c1-7(2)9-10(11,12)5-4-8(13-9)6-14-3;/h7-9,13H,4-6H2,1-3H3;1H. The summed E-state index contributed by atoms with van der Waals surface area (Å²) in [4.78, 5) is 0. The molecule has 0 radical (unpaired) electrons. The van der Waals surface area contributed by atoms with Gasteiger partial charge in [0, 0.05) is 21.0 Å². The molecule has 0 spiro atoms. The minimum absolute atomic E-state index is 0. The van der Waals surface area contributed by atoms with Gasteiger partial charge in [0.25, 0.3) is 5.92 Å². The highest BCUT2D eigenvalue weighted by Gasteiger charge is 2.45. The quantitative estimate of drug-likeness (QED) is 0.770. The fraction of sp³-hybridized carbons (Fsp3) is 1.00. The fourth-order valence-electron chi connectivity index (χ4n) is 1.99. The zero-order valence-electron chi connectivity index (χ0n) is 9.02. The topological polar surface area (TPSA) is 21.3 Å². The first-order valence-electron chi connectivity index (χ1n) is 5.10. The molecular weight excluding hydrogens is 188 g/mol. The van der Waals surface area contributed by atoms with E-state index in [1.165, 1.54) is 0 Å². The number of alkyl halides is 2. The van der Waals surface area contributed by atoms with Gasteiger partial charge in [-0.25, -0.2) is 8.78 Å². The summed E-state index contributed by atoms with van der Waals surface area (Å²) in [6, 6.07) is -0.636. The van der Waals surface area contributed by atoms with E-state index in [9.17, 15) is 8.78 Å². The Morgan fingerprint density at radius 1 is 1.57 bits per heavy atom. The molecule has 1 aliphatic heterocycles. The average Bonchev–Trinajstić information content (AvgIpc) is 2.08. The summed E-state index contributed by atoms with van der Waals surface area (Å²) in [5, 5.41) is 2.97. The predicted octanol–water partition coefficient (Wildman–Crippen LogP) is 2.29. The van der Waals surface area contributed by atoms with Gasteiger partial charge >= 0.3 is 0 Å². The number of hydrogen-bond donors (Lipinski definition) is 1. The van der Waals surface area contributed by atoms with E-state index >= 15 is 0 Å². The van der Waals surface area contributed by atoms with Crippen molar-refractivity contribution in [2.45, 2.75) is 44.7 Å². The summed E-state index contributed by atoms with van der Waals surface area (Å²) < 4.78 is 31.8. The Morgan fingerprint density at radius 2 is 2.21 bits per heavy atom. The fourth-order valence-corrected chi connectivity index (χ4v) is 1.99. The first kappa shape index (κ1) is 11.9.